The number of amides is 1. The fourth-order valence-corrected chi connectivity index (χ4v) is 4.05. The molecule has 2 N–H and O–H groups in total. The Balaban J connectivity index is 1.45. The predicted octanol–water partition coefficient (Wildman–Crippen LogP) is 3.43. The average Bonchev–Trinajstić information content (AvgIpc) is 3.25. The fourth-order valence-electron chi connectivity index (χ4n) is 4.05. The van der Waals surface area contributed by atoms with E-state index in [4.69, 9.17) is 4.74 Å². The maximum absolute atomic E-state index is 13.6. The average molecular weight is 510 g/mol. The van der Waals surface area contributed by atoms with Crippen LogP contribution in [0.2, 0.25) is 0 Å². The van der Waals surface area contributed by atoms with E-state index in [1.165, 1.54) is 11.2 Å². The Kier molecular flexibility index (Phi) is 7.91. The number of piperidine rings is 1. The van der Waals surface area contributed by atoms with Gasteiger partial charge >= 0.3 is 12.3 Å². The number of rotatable bonds is 9. The maximum atomic E-state index is 13.6. The molecule has 0 saturated carbocycles. The normalized spacial score (nSPS) is 17.4. The molecule has 1 saturated heterocycles. The third-order valence-electron chi connectivity index (χ3n) is 6.12. The van der Waals surface area contributed by atoms with E-state index < -0.39 is 17.8 Å². The third kappa shape index (κ3) is 6.22. The van der Waals surface area contributed by atoms with Crippen molar-refractivity contribution >= 4 is 23.7 Å². The van der Waals surface area contributed by atoms with Crippen molar-refractivity contribution in [3.63, 3.8) is 0 Å². The van der Waals surface area contributed by atoms with Gasteiger partial charge in [-0.2, -0.15) is 28.1 Å². The van der Waals surface area contributed by atoms with E-state index in [1.807, 2.05) is 6.92 Å². The minimum absolute atomic E-state index is 0.0135. The summed E-state index contributed by atoms with van der Waals surface area (Å²) in [5.74, 6) is 0.0704. The van der Waals surface area contributed by atoms with Gasteiger partial charge in [0.25, 0.3) is 0 Å². The van der Waals surface area contributed by atoms with Crippen molar-refractivity contribution in [1.29, 1.82) is 0 Å². The van der Waals surface area contributed by atoms with Crippen molar-refractivity contribution in [3.8, 4) is 0 Å². The second kappa shape index (κ2) is 11.1. The summed E-state index contributed by atoms with van der Waals surface area (Å²) in [6.07, 6.45) is 1.47. The lowest BCUT2D eigenvalue weighted by Gasteiger charge is -2.28. The minimum atomic E-state index is -4.63. The van der Waals surface area contributed by atoms with Crippen LogP contribution in [0.25, 0.3) is 0 Å². The number of aryl methyl sites for hydroxylation is 1. The molecule has 0 aliphatic carbocycles. The van der Waals surface area contributed by atoms with Gasteiger partial charge in [0.15, 0.2) is 5.82 Å². The summed E-state index contributed by atoms with van der Waals surface area (Å²) in [4.78, 5) is 25.0. The van der Waals surface area contributed by atoms with Gasteiger partial charge < -0.3 is 25.2 Å². The number of nitrogens with zero attached hydrogens (tertiary/aromatic N) is 7. The van der Waals surface area contributed by atoms with Gasteiger partial charge in [-0.15, -0.1) is 5.10 Å². The Morgan fingerprint density at radius 2 is 1.97 bits per heavy atom. The van der Waals surface area contributed by atoms with Gasteiger partial charge in [-0.25, -0.2) is 9.78 Å². The van der Waals surface area contributed by atoms with Crippen molar-refractivity contribution in [1.82, 2.24) is 34.8 Å². The molecule has 2 aliphatic heterocycles. The molecule has 0 radical (unpaired) electrons. The Bertz CT molecular complexity index is 1080. The number of aromatic nitrogens is 5. The first kappa shape index (κ1) is 25.7. The van der Waals surface area contributed by atoms with Crippen LogP contribution in [0.5, 0.6) is 0 Å². The minimum Gasteiger partial charge on any atom is -0.418 e. The number of carbonyl (C=O) groups is 1. The molecule has 11 nitrogen and oxygen atoms in total. The smallest absolute Gasteiger partial charge is 0.418 e. The number of hydrogen-bond donors (Lipinski definition) is 2. The standard InChI is InChI=1S/C22H30F3N9O2/c1-3-17-19(31-34(30-17)15-6-11-32(2)12-7-15)29-20-27-14-16(22(23,24)25)18(28-20)26-8-4-9-33-10-5-13-36-21(33)35/h5,13-15H,3-4,6-12H2,1-2H3,(H2,26,27,28,29,31). The Morgan fingerprint density at radius 3 is 2.67 bits per heavy atom. The summed E-state index contributed by atoms with van der Waals surface area (Å²) in [6, 6.07) is 0.167. The molecule has 0 aromatic carbocycles. The molecule has 0 atom stereocenters. The molecular weight excluding hydrogens is 479 g/mol. The second-order valence-electron chi connectivity index (χ2n) is 8.76. The lowest BCUT2D eigenvalue weighted by atomic mass is 10.1. The highest BCUT2D eigenvalue weighted by Crippen LogP contribution is 2.34. The molecule has 2 aromatic heterocycles. The number of carbonyl (C=O) groups excluding carboxylic acids is 1. The van der Waals surface area contributed by atoms with Gasteiger partial charge in [0, 0.05) is 25.8 Å². The van der Waals surface area contributed by atoms with Crippen LogP contribution in [-0.2, 0) is 17.3 Å². The van der Waals surface area contributed by atoms with Crippen molar-refractivity contribution in [2.75, 3.05) is 50.4 Å². The highest BCUT2D eigenvalue weighted by molar-refractivity contribution is 5.69. The van der Waals surface area contributed by atoms with E-state index in [1.54, 1.807) is 10.9 Å². The molecule has 2 aliphatic rings. The highest BCUT2D eigenvalue weighted by Gasteiger charge is 2.35. The van der Waals surface area contributed by atoms with E-state index in [-0.39, 0.29) is 24.4 Å². The van der Waals surface area contributed by atoms with Crippen LogP contribution in [0.15, 0.2) is 18.5 Å². The van der Waals surface area contributed by atoms with Crippen molar-refractivity contribution in [2.45, 2.75) is 44.8 Å². The molecule has 0 spiro atoms. The van der Waals surface area contributed by atoms with E-state index in [0.29, 0.717) is 37.4 Å². The number of alkyl halides is 3. The molecule has 196 valence electrons. The number of nitrogens with one attached hydrogen (secondary N) is 2. The number of halogens is 3. The van der Waals surface area contributed by atoms with Gasteiger partial charge in [-0.05, 0) is 51.9 Å². The van der Waals surface area contributed by atoms with Crippen LogP contribution in [0.4, 0.5) is 35.5 Å². The number of hydrogen-bond acceptors (Lipinski definition) is 9. The highest BCUT2D eigenvalue weighted by atomic mass is 19.4. The van der Waals surface area contributed by atoms with Crippen LogP contribution in [0.1, 0.15) is 43.5 Å². The summed E-state index contributed by atoms with van der Waals surface area (Å²) in [6.45, 7) is 4.72. The molecule has 2 aromatic rings. The van der Waals surface area contributed by atoms with E-state index in [2.05, 4.69) is 42.7 Å². The first-order valence-corrected chi connectivity index (χ1v) is 11.9. The molecule has 14 heteroatoms. The second-order valence-corrected chi connectivity index (χ2v) is 8.76. The van der Waals surface area contributed by atoms with Gasteiger partial charge in [-0.1, -0.05) is 6.92 Å². The van der Waals surface area contributed by atoms with Crippen molar-refractivity contribution in [2.24, 2.45) is 0 Å². The zero-order valence-corrected chi connectivity index (χ0v) is 20.3. The molecule has 0 unspecified atom stereocenters. The van der Waals surface area contributed by atoms with Gasteiger partial charge in [0.2, 0.25) is 5.95 Å². The molecule has 0 bridgehead atoms. The Labute approximate surface area is 206 Å². The van der Waals surface area contributed by atoms with Crippen LogP contribution < -0.4 is 10.6 Å². The van der Waals surface area contributed by atoms with E-state index in [9.17, 15) is 18.0 Å². The maximum Gasteiger partial charge on any atom is 0.421 e. The SMILES string of the molecule is CCc1nn(C2CCN(C)CC2)nc1Nc1ncc(C(F)(F)F)c(NCCCN2CC=COC2=O)n1. The monoisotopic (exact) mass is 509 g/mol. The summed E-state index contributed by atoms with van der Waals surface area (Å²) < 4.78 is 45.5. The molecule has 4 heterocycles. The van der Waals surface area contributed by atoms with Crippen LogP contribution in [-0.4, -0.2) is 80.6 Å². The van der Waals surface area contributed by atoms with E-state index >= 15 is 0 Å². The van der Waals surface area contributed by atoms with Crippen LogP contribution >= 0.6 is 0 Å². The van der Waals surface area contributed by atoms with Crippen molar-refractivity contribution in [3.05, 3.63) is 29.8 Å². The summed E-state index contributed by atoms with van der Waals surface area (Å²) in [5.41, 5.74) is -0.284. The molecule has 1 fully saturated rings. The zero-order chi connectivity index (χ0) is 25.7. The first-order valence-electron chi connectivity index (χ1n) is 11.9. The molecule has 4 rings (SSSR count). The molecule has 36 heavy (non-hydrogen) atoms. The largest absolute Gasteiger partial charge is 0.421 e. The van der Waals surface area contributed by atoms with Gasteiger partial charge in [-0.3, -0.25) is 0 Å². The van der Waals surface area contributed by atoms with E-state index in [0.717, 1.165) is 32.1 Å². The van der Waals surface area contributed by atoms with Gasteiger partial charge in [0.05, 0.1) is 12.3 Å². The van der Waals surface area contributed by atoms with Gasteiger partial charge in [0.1, 0.15) is 17.1 Å². The fraction of sp³-hybridized carbons (Fsp3) is 0.591. The van der Waals surface area contributed by atoms with Crippen molar-refractivity contribution < 1.29 is 22.7 Å². The summed E-state index contributed by atoms with van der Waals surface area (Å²) in [7, 11) is 2.07. The summed E-state index contributed by atoms with van der Waals surface area (Å²) in [5, 5.41) is 14.8. The number of anilines is 3. The summed E-state index contributed by atoms with van der Waals surface area (Å²) >= 11 is 0. The number of cyclic esters (lactones) is 1. The van der Waals surface area contributed by atoms with Crippen LogP contribution in [0.3, 0.4) is 0 Å². The molecule has 1 amide bonds. The Morgan fingerprint density at radius 1 is 1.19 bits per heavy atom. The number of ether oxygens (including phenoxy) is 1. The molecular formula is C22H30F3N9O2. The third-order valence-corrected chi connectivity index (χ3v) is 6.12. The number of likely N-dealkylation sites (tertiary alicyclic amines) is 1. The quantitative estimate of drug-likeness (QED) is 0.491. The lowest BCUT2D eigenvalue weighted by Crippen LogP contribution is -2.34. The topological polar surface area (TPSA) is 113 Å². The Hall–Kier alpha value is -3.42. The predicted molar refractivity (Wildman–Crippen MR) is 126 cm³/mol. The lowest BCUT2D eigenvalue weighted by molar-refractivity contribution is -0.137. The zero-order valence-electron chi connectivity index (χ0n) is 20.3. The van der Waals surface area contributed by atoms with Crippen LogP contribution in [0, 0.1) is 0 Å². The first-order chi connectivity index (χ1) is 17.2.